The molecular formula is C20H22F6N4O2S2. The Balaban J connectivity index is 1.53. The van der Waals surface area contributed by atoms with Gasteiger partial charge in [-0.05, 0) is 37.1 Å². The van der Waals surface area contributed by atoms with E-state index in [-0.39, 0.29) is 65.6 Å². The van der Waals surface area contributed by atoms with Crippen molar-refractivity contribution in [1.29, 1.82) is 0 Å². The average molecular weight is 529 g/mol. The van der Waals surface area contributed by atoms with Crippen LogP contribution in [0.4, 0.5) is 32.2 Å². The van der Waals surface area contributed by atoms with Crippen molar-refractivity contribution in [3.8, 4) is 0 Å². The van der Waals surface area contributed by atoms with Crippen molar-refractivity contribution in [2.75, 3.05) is 31.5 Å². The van der Waals surface area contributed by atoms with E-state index in [1.54, 1.807) is 6.92 Å². The van der Waals surface area contributed by atoms with Gasteiger partial charge in [-0.25, -0.2) is 17.8 Å². The topological polar surface area (TPSA) is 65.5 Å². The maximum absolute atomic E-state index is 13.8. The molecule has 2 saturated heterocycles. The van der Waals surface area contributed by atoms with E-state index in [0.29, 0.717) is 18.2 Å². The Morgan fingerprint density at radius 1 is 1.18 bits per heavy atom. The first-order valence-corrected chi connectivity index (χ1v) is 12.7. The lowest BCUT2D eigenvalue weighted by Crippen LogP contribution is -2.52. The molecule has 34 heavy (non-hydrogen) atoms. The van der Waals surface area contributed by atoms with E-state index >= 15 is 0 Å². The summed E-state index contributed by atoms with van der Waals surface area (Å²) in [7, 11) is -4.02. The highest BCUT2D eigenvalue weighted by molar-refractivity contribution is 7.89. The number of hydrogen-bond acceptors (Lipinski definition) is 6. The van der Waals surface area contributed by atoms with E-state index in [1.165, 1.54) is 16.6 Å². The van der Waals surface area contributed by atoms with Crippen LogP contribution >= 0.6 is 11.3 Å². The van der Waals surface area contributed by atoms with Gasteiger partial charge in [0.05, 0.1) is 11.4 Å². The summed E-state index contributed by atoms with van der Waals surface area (Å²) in [5.41, 5.74) is 0.565. The Kier molecular flexibility index (Phi) is 6.64. The monoisotopic (exact) mass is 528 g/mol. The minimum absolute atomic E-state index is 0.0413. The molecule has 2 atom stereocenters. The molecule has 2 aromatic rings. The molecule has 0 aromatic carbocycles. The summed E-state index contributed by atoms with van der Waals surface area (Å²) in [6.07, 6.45) is -5.03. The molecule has 0 amide bonds. The Morgan fingerprint density at radius 3 is 2.62 bits per heavy atom. The molecule has 6 nitrogen and oxygen atoms in total. The summed E-state index contributed by atoms with van der Waals surface area (Å²) in [5.74, 6) is -5.02. The number of nitrogens with zero attached hydrogens (tertiary/aromatic N) is 3. The normalized spacial score (nSPS) is 22.7. The third-order valence-corrected chi connectivity index (χ3v) is 8.93. The fraction of sp³-hybridized carbons (Fsp3) is 0.550. The quantitative estimate of drug-likeness (QED) is 0.572. The zero-order valence-corrected chi connectivity index (χ0v) is 19.6. The van der Waals surface area contributed by atoms with Gasteiger partial charge in [-0.2, -0.15) is 26.3 Å². The molecule has 0 saturated carbocycles. The van der Waals surface area contributed by atoms with Crippen molar-refractivity contribution in [2.45, 2.75) is 49.1 Å². The van der Waals surface area contributed by atoms with E-state index in [0.717, 1.165) is 6.07 Å². The number of halogens is 6. The highest BCUT2D eigenvalue weighted by Crippen LogP contribution is 2.46. The SMILES string of the molecule is Cc1cnc(NCc2ccc(C(F)(F)C(F)(F)F)s2)c(S(=O)(=O)N2CCN3C[C@@H](F)C[C@H]3C2)c1. The van der Waals surface area contributed by atoms with Crippen LogP contribution in [0.2, 0.25) is 0 Å². The van der Waals surface area contributed by atoms with E-state index < -0.39 is 33.2 Å². The number of thiophene rings is 1. The van der Waals surface area contributed by atoms with Crippen LogP contribution in [0.1, 0.15) is 21.7 Å². The van der Waals surface area contributed by atoms with Gasteiger partial charge in [0.15, 0.2) is 0 Å². The van der Waals surface area contributed by atoms with Crippen molar-refractivity contribution in [3.05, 3.63) is 39.7 Å². The van der Waals surface area contributed by atoms with Crippen LogP contribution in [0.25, 0.3) is 0 Å². The van der Waals surface area contributed by atoms with Gasteiger partial charge in [0, 0.05) is 43.3 Å². The first-order valence-electron chi connectivity index (χ1n) is 10.4. The number of aryl methyl sites for hydroxylation is 1. The van der Waals surface area contributed by atoms with Crippen molar-refractivity contribution < 1.29 is 34.8 Å². The van der Waals surface area contributed by atoms with Gasteiger partial charge in [-0.1, -0.05) is 0 Å². The summed E-state index contributed by atoms with van der Waals surface area (Å²) in [5, 5.41) is 2.76. The zero-order valence-electron chi connectivity index (χ0n) is 17.9. The fourth-order valence-corrected chi connectivity index (χ4v) is 6.75. The summed E-state index contributed by atoms with van der Waals surface area (Å²) in [4.78, 5) is 4.91. The summed E-state index contributed by atoms with van der Waals surface area (Å²) in [6.45, 7) is 2.46. The van der Waals surface area contributed by atoms with Gasteiger partial charge in [0.25, 0.3) is 0 Å². The van der Waals surface area contributed by atoms with Crippen molar-refractivity contribution in [2.24, 2.45) is 0 Å². The van der Waals surface area contributed by atoms with Crippen LogP contribution in [0.3, 0.4) is 0 Å². The largest absolute Gasteiger partial charge is 0.458 e. The maximum atomic E-state index is 13.8. The van der Waals surface area contributed by atoms with Crippen molar-refractivity contribution in [1.82, 2.24) is 14.2 Å². The molecule has 4 rings (SSSR count). The van der Waals surface area contributed by atoms with Gasteiger partial charge >= 0.3 is 12.1 Å². The molecule has 2 fully saturated rings. The molecule has 2 aliphatic heterocycles. The second-order valence-electron chi connectivity index (χ2n) is 8.40. The third-order valence-electron chi connectivity index (χ3n) is 5.89. The van der Waals surface area contributed by atoms with Crippen molar-refractivity contribution >= 4 is 27.2 Å². The van der Waals surface area contributed by atoms with Crippen LogP contribution in [-0.2, 0) is 22.5 Å². The molecule has 0 aliphatic carbocycles. The van der Waals surface area contributed by atoms with E-state index in [2.05, 4.69) is 10.3 Å². The highest BCUT2D eigenvalue weighted by atomic mass is 32.2. The standard InChI is InChI=1S/C20H22F6N4O2S2/c1-12-6-16(34(31,32)30-5-4-29-10-13(21)7-14(29)11-30)18(27-8-12)28-9-15-2-3-17(33-15)19(22,23)20(24,25)26/h2-3,6,8,13-14H,4-5,7,9-11H2,1H3,(H,27,28)/t13-,14-/m0/s1. The molecule has 2 aromatic heterocycles. The molecule has 2 aliphatic rings. The predicted octanol–water partition coefficient (Wildman–Crippen LogP) is 4.13. The van der Waals surface area contributed by atoms with Crippen LogP contribution in [0.5, 0.6) is 0 Å². The Bertz CT molecular complexity index is 1150. The Labute approximate surface area is 196 Å². The second kappa shape index (κ2) is 8.95. The number of sulfonamides is 1. The molecule has 1 N–H and O–H groups in total. The van der Waals surface area contributed by atoms with Gasteiger partial charge in [0.2, 0.25) is 10.0 Å². The predicted molar refractivity (Wildman–Crippen MR) is 114 cm³/mol. The molecule has 0 bridgehead atoms. The number of fused-ring (bicyclic) bond motifs is 1. The van der Waals surface area contributed by atoms with E-state index in [4.69, 9.17) is 0 Å². The van der Waals surface area contributed by atoms with E-state index in [1.807, 2.05) is 4.90 Å². The van der Waals surface area contributed by atoms with Crippen LogP contribution < -0.4 is 5.32 Å². The van der Waals surface area contributed by atoms with Crippen LogP contribution in [0.15, 0.2) is 29.3 Å². The molecule has 0 unspecified atom stereocenters. The Morgan fingerprint density at radius 2 is 1.91 bits per heavy atom. The van der Waals surface area contributed by atoms with Gasteiger partial charge in [0.1, 0.15) is 16.9 Å². The summed E-state index contributed by atoms with van der Waals surface area (Å²) < 4.78 is 107. The van der Waals surface area contributed by atoms with Crippen molar-refractivity contribution in [3.63, 3.8) is 0 Å². The number of nitrogens with one attached hydrogen (secondary N) is 1. The van der Waals surface area contributed by atoms with Gasteiger partial charge in [-0.15, -0.1) is 11.3 Å². The second-order valence-corrected chi connectivity index (χ2v) is 11.5. The van der Waals surface area contributed by atoms with Crippen LogP contribution in [-0.4, -0.2) is 67.2 Å². The first kappa shape index (κ1) is 25.2. The number of rotatable bonds is 6. The summed E-state index contributed by atoms with van der Waals surface area (Å²) in [6, 6.07) is 3.03. The number of aromatic nitrogens is 1. The first-order chi connectivity index (χ1) is 15.8. The third kappa shape index (κ3) is 4.77. The fourth-order valence-electron chi connectivity index (χ4n) is 4.13. The number of piperazine rings is 1. The smallest absolute Gasteiger partial charge is 0.364 e. The highest BCUT2D eigenvalue weighted by Gasteiger charge is 2.59. The molecule has 0 spiro atoms. The lowest BCUT2D eigenvalue weighted by molar-refractivity contribution is -0.287. The maximum Gasteiger partial charge on any atom is 0.458 e. The number of pyridine rings is 1. The minimum Gasteiger partial charge on any atom is -0.364 e. The number of alkyl halides is 6. The average Bonchev–Trinajstić information content (AvgIpc) is 3.37. The van der Waals surface area contributed by atoms with E-state index in [9.17, 15) is 34.8 Å². The molecule has 4 heterocycles. The van der Waals surface area contributed by atoms with Gasteiger partial charge < -0.3 is 5.32 Å². The van der Waals surface area contributed by atoms with Crippen LogP contribution in [0, 0.1) is 6.92 Å². The number of hydrogen-bond donors (Lipinski definition) is 1. The zero-order chi connectivity index (χ0) is 24.9. The molecule has 14 heteroatoms. The van der Waals surface area contributed by atoms with Gasteiger partial charge in [-0.3, -0.25) is 4.90 Å². The number of anilines is 1. The molecule has 0 radical (unpaired) electrons. The lowest BCUT2D eigenvalue weighted by Gasteiger charge is -2.36. The summed E-state index contributed by atoms with van der Waals surface area (Å²) >= 11 is 0.280. The minimum atomic E-state index is -5.71. The lowest BCUT2D eigenvalue weighted by atomic mass is 10.2. The Hall–Kier alpha value is -1.90. The molecular weight excluding hydrogens is 506 g/mol. The molecule has 188 valence electrons.